The fourth-order valence-electron chi connectivity index (χ4n) is 0.461. The summed E-state index contributed by atoms with van der Waals surface area (Å²) in [5.74, 6) is 0. The largest absolute Gasteiger partial charge is 0.661 e. The molecule has 0 bridgehead atoms. The van der Waals surface area contributed by atoms with Crippen LogP contribution >= 0.6 is 0 Å². The predicted molar refractivity (Wildman–Crippen MR) is 40.4 cm³/mol. The van der Waals surface area contributed by atoms with Crippen molar-refractivity contribution in [3.63, 3.8) is 0 Å². The van der Waals surface area contributed by atoms with E-state index in [0.29, 0.717) is 0 Å². The van der Waals surface area contributed by atoms with Crippen molar-refractivity contribution < 1.29 is 38.9 Å². The van der Waals surface area contributed by atoms with E-state index < -0.39 is 34.5 Å². The van der Waals surface area contributed by atoms with Crippen molar-refractivity contribution in [1.82, 2.24) is 0 Å². The smallest absolute Gasteiger partial charge is 0.292 e. The van der Waals surface area contributed by atoms with Gasteiger partial charge in [0.1, 0.15) is 0 Å². The molecule has 0 aliphatic rings. The number of hydrogen-bond acceptors (Lipinski definition) is 6. The molecular formula is H3BO9S3. The Hall–Kier alpha value is -0.205. The minimum Gasteiger partial charge on any atom is -0.292 e. The Labute approximate surface area is 73.8 Å². The molecule has 13 heavy (non-hydrogen) atoms. The van der Waals surface area contributed by atoms with Gasteiger partial charge in [-0.2, -0.15) is 0 Å². The average molecular weight is 254 g/mol. The summed E-state index contributed by atoms with van der Waals surface area (Å²) in [5, 5.41) is 0. The summed E-state index contributed by atoms with van der Waals surface area (Å²) in [7, 11) is -17.0. The Bertz CT molecular complexity index is 397. The summed E-state index contributed by atoms with van der Waals surface area (Å²) in [6.45, 7) is 0. The van der Waals surface area contributed by atoms with Crippen LogP contribution in [0, 0.1) is 0 Å². The van der Waals surface area contributed by atoms with Crippen molar-refractivity contribution in [1.29, 1.82) is 0 Å². The molecule has 0 heterocycles. The second-order valence-electron chi connectivity index (χ2n) is 1.83. The van der Waals surface area contributed by atoms with Gasteiger partial charge in [-0.25, -0.2) is 25.3 Å². The Morgan fingerprint density at radius 1 is 0.615 bits per heavy atom. The van der Waals surface area contributed by atoms with Crippen molar-refractivity contribution in [2.75, 3.05) is 0 Å². The summed E-state index contributed by atoms with van der Waals surface area (Å²) in [6, 6.07) is 0. The fraction of sp³-hybridized carbons (Fsp3) is 0. The zero-order valence-corrected chi connectivity index (χ0v) is 8.04. The molecule has 0 unspecified atom stereocenters. The van der Waals surface area contributed by atoms with Gasteiger partial charge < -0.3 is 0 Å². The highest BCUT2D eigenvalue weighted by molar-refractivity contribution is 8.66. The van der Waals surface area contributed by atoms with E-state index in [1.54, 1.807) is 0 Å². The molecule has 0 amide bonds. The maximum atomic E-state index is 10.1. The number of hydrogen-bond donors (Lipinski definition) is 3. The molecular weight excluding hydrogens is 251 g/mol. The Morgan fingerprint density at radius 3 is 0.769 bits per heavy atom. The molecule has 0 aromatic carbocycles. The van der Waals surface area contributed by atoms with Crippen molar-refractivity contribution in [3.05, 3.63) is 0 Å². The molecule has 0 radical (unpaired) electrons. The molecule has 13 heteroatoms. The molecule has 0 fully saturated rings. The first-order valence-corrected chi connectivity index (χ1v) is 6.76. The van der Waals surface area contributed by atoms with Crippen molar-refractivity contribution in [2.45, 2.75) is 0 Å². The van der Waals surface area contributed by atoms with Gasteiger partial charge >= 0.3 is 4.55 Å². The lowest BCUT2D eigenvalue weighted by Gasteiger charge is -2.00. The van der Waals surface area contributed by atoms with Crippen LogP contribution in [0.15, 0.2) is 0 Å². The first kappa shape index (κ1) is 12.8. The SMILES string of the molecule is O=S(=O)(O)B(S(=O)(=O)O)S(=O)(=O)O. The fourth-order valence-corrected chi connectivity index (χ4v) is 4.15. The van der Waals surface area contributed by atoms with Crippen molar-refractivity contribution >= 4 is 34.5 Å². The van der Waals surface area contributed by atoms with Gasteiger partial charge in [0.15, 0.2) is 0 Å². The van der Waals surface area contributed by atoms with E-state index in [-0.39, 0.29) is 0 Å². The first-order valence-electron chi connectivity index (χ1n) is 2.25. The monoisotopic (exact) mass is 254 g/mol. The summed E-state index contributed by atoms with van der Waals surface area (Å²) in [6.07, 6.45) is 0. The van der Waals surface area contributed by atoms with Gasteiger partial charge in [-0.15, -0.1) is 0 Å². The maximum Gasteiger partial charge on any atom is 0.661 e. The van der Waals surface area contributed by atoms with Crippen LogP contribution in [0.25, 0.3) is 0 Å². The average Bonchev–Trinajstić information content (AvgIpc) is 1.44. The van der Waals surface area contributed by atoms with Gasteiger partial charge in [-0.1, -0.05) is 0 Å². The lowest BCUT2D eigenvalue weighted by Crippen LogP contribution is -2.42. The number of rotatable bonds is 3. The highest BCUT2D eigenvalue weighted by Gasteiger charge is 2.56. The Kier molecular flexibility index (Phi) is 3.13. The van der Waals surface area contributed by atoms with E-state index in [0.717, 1.165) is 0 Å². The topological polar surface area (TPSA) is 163 Å². The summed E-state index contributed by atoms with van der Waals surface area (Å²) < 4.78 is 81.1. The Morgan fingerprint density at radius 2 is 0.769 bits per heavy atom. The van der Waals surface area contributed by atoms with Crippen LogP contribution in [0.1, 0.15) is 0 Å². The lowest BCUT2D eigenvalue weighted by atomic mass is 10.7. The quantitative estimate of drug-likeness (QED) is 0.368. The Balaban J connectivity index is 5.87. The molecule has 0 aliphatic heterocycles. The molecule has 9 nitrogen and oxygen atoms in total. The second kappa shape index (κ2) is 3.18. The van der Waals surface area contributed by atoms with Crippen LogP contribution in [0.3, 0.4) is 0 Å². The minimum absolute atomic E-state index is 3.69. The molecule has 0 saturated heterocycles. The summed E-state index contributed by atoms with van der Waals surface area (Å²) >= 11 is 0. The third-order valence-corrected chi connectivity index (χ3v) is 6.57. The first-order chi connectivity index (χ1) is 5.37. The van der Waals surface area contributed by atoms with Crippen molar-refractivity contribution in [3.8, 4) is 0 Å². The molecule has 3 N–H and O–H groups in total. The van der Waals surface area contributed by atoms with Crippen LogP contribution in [0.2, 0.25) is 0 Å². The van der Waals surface area contributed by atoms with Crippen LogP contribution in [-0.2, 0) is 29.9 Å². The van der Waals surface area contributed by atoms with Crippen LogP contribution in [0.4, 0.5) is 0 Å². The van der Waals surface area contributed by atoms with Gasteiger partial charge in [-0.3, -0.25) is 13.7 Å². The van der Waals surface area contributed by atoms with Gasteiger partial charge in [-0.05, 0) is 0 Å². The van der Waals surface area contributed by atoms with Gasteiger partial charge in [0.2, 0.25) is 0 Å². The second-order valence-corrected chi connectivity index (χ2v) is 7.23. The van der Waals surface area contributed by atoms with E-state index in [1.165, 1.54) is 0 Å². The zero-order valence-electron chi connectivity index (χ0n) is 5.59. The summed E-state index contributed by atoms with van der Waals surface area (Å²) in [5.41, 5.74) is 0. The third-order valence-electron chi connectivity index (χ3n) is 0.730. The highest BCUT2D eigenvalue weighted by atomic mass is 32.3. The third kappa shape index (κ3) is 3.57. The molecule has 0 aromatic heterocycles. The van der Waals surface area contributed by atoms with Crippen LogP contribution in [0.5, 0.6) is 0 Å². The highest BCUT2D eigenvalue weighted by Crippen LogP contribution is 2.07. The van der Waals surface area contributed by atoms with Crippen LogP contribution in [-0.4, -0.2) is 43.5 Å². The van der Waals surface area contributed by atoms with E-state index in [1.807, 2.05) is 0 Å². The minimum atomic E-state index is -5.66. The molecule has 0 atom stereocenters. The molecule has 0 saturated carbocycles. The standard InChI is InChI=1S/BH3O9S3/c2-11(3,4)1(12(5,6)7)13(8,9)10/h(H,2,3,4)(H,5,6,7)(H,8,9,10). The molecule has 0 aliphatic carbocycles. The molecule has 0 rings (SSSR count). The van der Waals surface area contributed by atoms with Gasteiger partial charge in [0, 0.05) is 0 Å². The van der Waals surface area contributed by atoms with Crippen molar-refractivity contribution in [2.24, 2.45) is 0 Å². The maximum absolute atomic E-state index is 10.1. The van der Waals surface area contributed by atoms with Gasteiger partial charge in [0.25, 0.3) is 29.9 Å². The lowest BCUT2D eigenvalue weighted by molar-refractivity contribution is 0.489. The molecule has 0 aromatic rings. The summed E-state index contributed by atoms with van der Waals surface area (Å²) in [4.78, 5) is 0. The zero-order chi connectivity index (χ0) is 11.1. The predicted octanol–water partition coefficient (Wildman–Crippen LogP) is -2.37. The van der Waals surface area contributed by atoms with Crippen LogP contribution < -0.4 is 0 Å². The van der Waals surface area contributed by atoms with E-state index in [4.69, 9.17) is 13.7 Å². The van der Waals surface area contributed by atoms with E-state index in [2.05, 4.69) is 0 Å². The van der Waals surface area contributed by atoms with E-state index >= 15 is 0 Å². The normalized spacial score (nSPS) is 14.1. The molecule has 78 valence electrons. The molecule has 0 spiro atoms. The van der Waals surface area contributed by atoms with E-state index in [9.17, 15) is 25.3 Å². The van der Waals surface area contributed by atoms with Gasteiger partial charge in [0.05, 0.1) is 0 Å².